The third-order valence-electron chi connectivity index (χ3n) is 1.54. The van der Waals surface area contributed by atoms with Crippen LogP contribution < -0.4 is 10.9 Å². The average molecular weight is 221 g/mol. The molecule has 4 nitrogen and oxygen atoms in total. The van der Waals surface area contributed by atoms with Crippen molar-refractivity contribution in [2.24, 2.45) is 10.9 Å². The first kappa shape index (κ1) is 10.5. The number of hydrogen-bond donors (Lipinski definition) is 2. The first-order valence-corrected chi connectivity index (χ1v) is 5.39. The van der Waals surface area contributed by atoms with Crippen LogP contribution >= 0.6 is 11.6 Å². The van der Waals surface area contributed by atoms with Crippen LogP contribution in [0.3, 0.4) is 0 Å². The second kappa shape index (κ2) is 3.63. The molecule has 0 bridgehead atoms. The van der Waals surface area contributed by atoms with Gasteiger partial charge in [0.15, 0.2) is 0 Å². The van der Waals surface area contributed by atoms with Gasteiger partial charge in [-0.3, -0.25) is 0 Å². The van der Waals surface area contributed by atoms with Crippen LogP contribution in [0.1, 0.15) is 5.56 Å². The van der Waals surface area contributed by atoms with Crippen molar-refractivity contribution in [1.82, 2.24) is 0 Å². The van der Waals surface area contributed by atoms with Crippen LogP contribution in [0.25, 0.3) is 0 Å². The second-order valence-corrected chi connectivity index (χ2v) is 4.45. The minimum Gasteiger partial charge on any atom is -0.326 e. The van der Waals surface area contributed by atoms with Gasteiger partial charge in [-0.25, -0.2) is 13.6 Å². The molecule has 6 heteroatoms. The van der Waals surface area contributed by atoms with Gasteiger partial charge in [-0.15, -0.1) is 0 Å². The summed E-state index contributed by atoms with van der Waals surface area (Å²) < 4.78 is 21.9. The molecule has 0 fully saturated rings. The summed E-state index contributed by atoms with van der Waals surface area (Å²) in [6.45, 7) is 0.250. The highest BCUT2D eigenvalue weighted by Crippen LogP contribution is 2.20. The third kappa shape index (κ3) is 2.41. The van der Waals surface area contributed by atoms with Gasteiger partial charge in [0.05, 0.1) is 5.02 Å². The molecule has 0 aromatic heterocycles. The molecular weight excluding hydrogens is 212 g/mol. The molecule has 0 heterocycles. The summed E-state index contributed by atoms with van der Waals surface area (Å²) in [5.74, 6) is 0. The molecule has 0 spiro atoms. The Labute approximate surface area is 81.5 Å². The van der Waals surface area contributed by atoms with Crippen molar-refractivity contribution < 1.29 is 8.42 Å². The van der Waals surface area contributed by atoms with Gasteiger partial charge >= 0.3 is 0 Å². The first-order chi connectivity index (χ1) is 5.95. The van der Waals surface area contributed by atoms with E-state index in [1.165, 1.54) is 12.1 Å². The van der Waals surface area contributed by atoms with Gasteiger partial charge in [0.1, 0.15) is 4.90 Å². The van der Waals surface area contributed by atoms with Gasteiger partial charge in [0.2, 0.25) is 10.0 Å². The molecule has 0 saturated carbocycles. The van der Waals surface area contributed by atoms with Crippen molar-refractivity contribution in [1.29, 1.82) is 0 Å². The highest BCUT2D eigenvalue weighted by atomic mass is 35.5. The van der Waals surface area contributed by atoms with Crippen LogP contribution in [0.15, 0.2) is 23.1 Å². The predicted molar refractivity (Wildman–Crippen MR) is 50.7 cm³/mol. The van der Waals surface area contributed by atoms with E-state index in [2.05, 4.69) is 0 Å². The molecule has 1 aromatic rings. The van der Waals surface area contributed by atoms with Gasteiger partial charge in [0.25, 0.3) is 0 Å². The van der Waals surface area contributed by atoms with Crippen LogP contribution in [-0.2, 0) is 16.6 Å². The van der Waals surface area contributed by atoms with Crippen LogP contribution in [0, 0.1) is 0 Å². The maximum Gasteiger partial charge on any atom is 0.239 e. The Kier molecular flexibility index (Phi) is 2.92. The number of sulfonamides is 1. The summed E-state index contributed by atoms with van der Waals surface area (Å²) >= 11 is 5.64. The van der Waals surface area contributed by atoms with E-state index in [0.717, 1.165) is 0 Å². The van der Waals surface area contributed by atoms with Gasteiger partial charge in [-0.05, 0) is 17.7 Å². The normalized spacial score (nSPS) is 11.6. The van der Waals surface area contributed by atoms with Gasteiger partial charge in [-0.1, -0.05) is 17.7 Å². The minimum atomic E-state index is -3.75. The fourth-order valence-corrected chi connectivity index (χ4v) is 1.99. The minimum absolute atomic E-state index is 0.0860. The highest BCUT2D eigenvalue weighted by molar-refractivity contribution is 7.89. The second-order valence-electron chi connectivity index (χ2n) is 2.51. The molecule has 1 aromatic carbocycles. The van der Waals surface area contributed by atoms with Crippen LogP contribution in [0.4, 0.5) is 0 Å². The lowest BCUT2D eigenvalue weighted by Gasteiger charge is -2.03. The van der Waals surface area contributed by atoms with E-state index in [0.29, 0.717) is 5.56 Å². The molecule has 72 valence electrons. The molecule has 0 aliphatic heterocycles. The fourth-order valence-electron chi connectivity index (χ4n) is 0.893. The first-order valence-electron chi connectivity index (χ1n) is 3.46. The molecule has 1 rings (SSSR count). The predicted octanol–water partition coefficient (Wildman–Crippen LogP) is 0.446. The number of hydrogen-bond acceptors (Lipinski definition) is 3. The molecule has 0 unspecified atom stereocenters. The largest absolute Gasteiger partial charge is 0.326 e. The molecule has 0 aliphatic rings. The third-order valence-corrected chi connectivity index (χ3v) is 2.93. The Balaban J connectivity index is 3.36. The van der Waals surface area contributed by atoms with E-state index in [1.54, 1.807) is 6.07 Å². The number of benzene rings is 1. The lowest BCUT2D eigenvalue weighted by atomic mass is 10.2. The molecule has 0 radical (unpaired) electrons. The summed E-state index contributed by atoms with van der Waals surface area (Å²) in [6.07, 6.45) is 0. The van der Waals surface area contributed by atoms with Gasteiger partial charge in [0, 0.05) is 6.54 Å². The Morgan fingerprint density at radius 1 is 1.38 bits per heavy atom. The van der Waals surface area contributed by atoms with Crippen LogP contribution in [-0.4, -0.2) is 8.42 Å². The molecule has 4 N–H and O–H groups in total. The van der Waals surface area contributed by atoms with Gasteiger partial charge in [-0.2, -0.15) is 0 Å². The van der Waals surface area contributed by atoms with Gasteiger partial charge < -0.3 is 5.73 Å². The van der Waals surface area contributed by atoms with E-state index in [9.17, 15) is 8.42 Å². The van der Waals surface area contributed by atoms with E-state index >= 15 is 0 Å². The summed E-state index contributed by atoms with van der Waals surface area (Å²) in [6, 6.07) is 4.48. The molecule has 13 heavy (non-hydrogen) atoms. The Morgan fingerprint density at radius 2 is 2.00 bits per heavy atom. The SMILES string of the molecule is NCc1ccc(Cl)c(S(N)(=O)=O)c1. The smallest absolute Gasteiger partial charge is 0.239 e. The van der Waals surface area contributed by atoms with Crippen LogP contribution in [0.2, 0.25) is 5.02 Å². The summed E-state index contributed by atoms with van der Waals surface area (Å²) in [7, 11) is -3.75. The van der Waals surface area contributed by atoms with Crippen molar-refractivity contribution in [3.05, 3.63) is 28.8 Å². The summed E-state index contributed by atoms with van der Waals surface area (Å²) in [5.41, 5.74) is 6.01. The average Bonchev–Trinajstić information content (AvgIpc) is 2.03. The molecule has 0 atom stereocenters. The number of halogens is 1. The monoisotopic (exact) mass is 220 g/mol. The molecule has 0 aliphatic carbocycles. The Morgan fingerprint density at radius 3 is 2.46 bits per heavy atom. The van der Waals surface area contributed by atoms with Crippen molar-refractivity contribution >= 4 is 21.6 Å². The molecule has 0 saturated heterocycles. The quantitative estimate of drug-likeness (QED) is 0.759. The van der Waals surface area contributed by atoms with E-state index in [-0.39, 0.29) is 16.5 Å². The number of rotatable bonds is 2. The lowest BCUT2D eigenvalue weighted by molar-refractivity contribution is 0.597. The lowest BCUT2D eigenvalue weighted by Crippen LogP contribution is -2.13. The fraction of sp³-hybridized carbons (Fsp3) is 0.143. The number of nitrogens with two attached hydrogens (primary N) is 2. The van der Waals surface area contributed by atoms with E-state index in [1.807, 2.05) is 0 Å². The number of primary sulfonamides is 1. The molecule has 0 amide bonds. The zero-order valence-electron chi connectivity index (χ0n) is 6.70. The van der Waals surface area contributed by atoms with Crippen molar-refractivity contribution in [2.45, 2.75) is 11.4 Å². The van der Waals surface area contributed by atoms with E-state index in [4.69, 9.17) is 22.5 Å². The summed E-state index contributed by atoms with van der Waals surface area (Å²) in [4.78, 5) is -0.0860. The topological polar surface area (TPSA) is 86.2 Å². The van der Waals surface area contributed by atoms with Crippen molar-refractivity contribution in [3.8, 4) is 0 Å². The zero-order valence-corrected chi connectivity index (χ0v) is 8.27. The van der Waals surface area contributed by atoms with Crippen LogP contribution in [0.5, 0.6) is 0 Å². The summed E-state index contributed by atoms with van der Waals surface area (Å²) in [5, 5.41) is 5.04. The maximum absolute atomic E-state index is 11.0. The Bertz CT molecular complexity index is 417. The van der Waals surface area contributed by atoms with Crippen molar-refractivity contribution in [2.75, 3.05) is 0 Å². The van der Waals surface area contributed by atoms with E-state index < -0.39 is 10.0 Å². The standard InChI is InChI=1S/C7H9ClN2O2S/c8-6-2-1-5(4-9)3-7(6)13(10,11)12/h1-3H,4,9H2,(H2,10,11,12). The van der Waals surface area contributed by atoms with Crippen molar-refractivity contribution in [3.63, 3.8) is 0 Å². The zero-order chi connectivity index (χ0) is 10.1. The molecular formula is C7H9ClN2O2S. The Hall–Kier alpha value is -0.620. The highest BCUT2D eigenvalue weighted by Gasteiger charge is 2.12. The maximum atomic E-state index is 11.0.